The number of primary amides is 1. The molecule has 28 heavy (non-hydrogen) atoms. The number of carbonyl (C=O) groups is 1. The van der Waals surface area contributed by atoms with E-state index in [0.717, 1.165) is 32.1 Å². The zero-order chi connectivity index (χ0) is 19.3. The smallest absolute Gasteiger partial charge is 0.219 e. The minimum atomic E-state index is -0.339. The Kier molecular flexibility index (Phi) is 5.84. The molecule has 4 rings (SSSR count). The molecule has 3 aromatic heterocycles. The summed E-state index contributed by atoms with van der Waals surface area (Å²) >= 11 is 4.79. The van der Waals surface area contributed by atoms with E-state index < -0.39 is 0 Å². The summed E-state index contributed by atoms with van der Waals surface area (Å²) in [5.41, 5.74) is 7.46. The van der Waals surface area contributed by atoms with E-state index in [1.165, 1.54) is 0 Å². The molecular formula is C19H17N5OS3. The monoisotopic (exact) mass is 427 g/mol. The third-order valence-corrected chi connectivity index (χ3v) is 6.77. The van der Waals surface area contributed by atoms with Gasteiger partial charge in [0.25, 0.3) is 0 Å². The fourth-order valence-corrected chi connectivity index (χ4v) is 5.14. The third kappa shape index (κ3) is 4.32. The summed E-state index contributed by atoms with van der Waals surface area (Å²) < 4.78 is 1.96. The average Bonchev–Trinajstić information content (AvgIpc) is 3.45. The van der Waals surface area contributed by atoms with Gasteiger partial charge in [-0.15, -0.1) is 32.9 Å². The molecule has 0 aliphatic rings. The number of aromatic nitrogens is 4. The van der Waals surface area contributed by atoms with Gasteiger partial charge in [0.2, 0.25) is 5.91 Å². The molecule has 9 heteroatoms. The highest BCUT2D eigenvalue weighted by atomic mass is 32.2. The molecule has 0 aliphatic carbocycles. The quantitative estimate of drug-likeness (QED) is 0.424. The number of rotatable bonds is 8. The summed E-state index contributed by atoms with van der Waals surface area (Å²) in [4.78, 5) is 17.0. The largest absolute Gasteiger partial charge is 0.370 e. The molecule has 6 nitrogen and oxygen atoms in total. The second-order valence-corrected chi connectivity index (χ2v) is 8.70. The van der Waals surface area contributed by atoms with E-state index in [9.17, 15) is 4.79 Å². The molecule has 0 bridgehead atoms. The van der Waals surface area contributed by atoms with Gasteiger partial charge in [-0.25, -0.2) is 4.98 Å². The van der Waals surface area contributed by atoms with Crippen LogP contribution < -0.4 is 5.73 Å². The lowest BCUT2D eigenvalue weighted by atomic mass is 10.2. The van der Waals surface area contributed by atoms with Crippen LogP contribution in [0, 0.1) is 0 Å². The molecule has 3 heterocycles. The second kappa shape index (κ2) is 8.68. The molecule has 1 aromatic carbocycles. The second-order valence-electron chi connectivity index (χ2n) is 5.95. The van der Waals surface area contributed by atoms with E-state index in [4.69, 9.17) is 10.7 Å². The minimum Gasteiger partial charge on any atom is -0.370 e. The zero-order valence-electron chi connectivity index (χ0n) is 14.8. The molecule has 2 N–H and O–H groups in total. The average molecular weight is 428 g/mol. The van der Waals surface area contributed by atoms with Crippen molar-refractivity contribution in [1.29, 1.82) is 0 Å². The molecule has 0 saturated carbocycles. The predicted molar refractivity (Wildman–Crippen MR) is 114 cm³/mol. The molecule has 0 fully saturated rings. The number of benzene rings is 1. The Balaban J connectivity index is 1.52. The van der Waals surface area contributed by atoms with E-state index in [-0.39, 0.29) is 12.3 Å². The summed E-state index contributed by atoms with van der Waals surface area (Å²) in [5.74, 6) is 1.11. The standard InChI is InChI=1S/C19H17N5OS3/c20-16(25)8-9-24-17(15-7-4-10-26-15)22-23-19(24)28-12-14-11-27-18(21-14)13-5-2-1-3-6-13/h1-7,10-11H,8-9,12H2,(H2,20,25). The number of carbonyl (C=O) groups excluding carboxylic acids is 1. The van der Waals surface area contributed by atoms with Crippen molar-refractivity contribution in [3.63, 3.8) is 0 Å². The molecule has 0 spiro atoms. The number of thioether (sulfide) groups is 1. The maximum absolute atomic E-state index is 11.3. The first kappa shape index (κ1) is 18.9. The van der Waals surface area contributed by atoms with Gasteiger partial charge in [0.1, 0.15) is 5.01 Å². The van der Waals surface area contributed by atoms with Crippen LogP contribution in [-0.2, 0) is 17.1 Å². The van der Waals surface area contributed by atoms with Crippen molar-refractivity contribution in [1.82, 2.24) is 19.7 Å². The summed E-state index contributed by atoms with van der Waals surface area (Å²) in [6.07, 6.45) is 0.249. The van der Waals surface area contributed by atoms with Crippen molar-refractivity contribution < 1.29 is 4.79 Å². The Morgan fingerprint density at radius 1 is 1.11 bits per heavy atom. The summed E-state index contributed by atoms with van der Waals surface area (Å²) in [6, 6.07) is 14.1. The Bertz CT molecular complexity index is 1060. The van der Waals surface area contributed by atoms with Gasteiger partial charge in [-0.1, -0.05) is 48.2 Å². The number of hydrogen-bond donors (Lipinski definition) is 1. The van der Waals surface area contributed by atoms with E-state index in [1.807, 2.05) is 40.3 Å². The molecule has 0 radical (unpaired) electrons. The van der Waals surface area contributed by atoms with Crippen molar-refractivity contribution in [2.75, 3.05) is 0 Å². The number of nitrogens with two attached hydrogens (primary N) is 1. The van der Waals surface area contributed by atoms with E-state index in [1.54, 1.807) is 34.4 Å². The van der Waals surface area contributed by atoms with Crippen molar-refractivity contribution >= 4 is 40.3 Å². The van der Waals surface area contributed by atoms with Gasteiger partial charge >= 0.3 is 0 Å². The van der Waals surface area contributed by atoms with Crippen LogP contribution in [0.1, 0.15) is 12.1 Å². The topological polar surface area (TPSA) is 86.7 Å². The highest BCUT2D eigenvalue weighted by Crippen LogP contribution is 2.30. The first-order valence-corrected chi connectivity index (χ1v) is 11.3. The zero-order valence-corrected chi connectivity index (χ0v) is 17.3. The summed E-state index contributed by atoms with van der Waals surface area (Å²) in [5, 5.41) is 14.5. The lowest BCUT2D eigenvalue weighted by Gasteiger charge is -2.07. The van der Waals surface area contributed by atoms with Gasteiger partial charge in [0.05, 0.1) is 10.6 Å². The van der Waals surface area contributed by atoms with Crippen molar-refractivity contribution in [2.45, 2.75) is 23.9 Å². The summed E-state index contributed by atoms with van der Waals surface area (Å²) in [7, 11) is 0. The number of thiophene rings is 1. The molecule has 0 aliphatic heterocycles. The lowest BCUT2D eigenvalue weighted by molar-refractivity contribution is -0.118. The highest BCUT2D eigenvalue weighted by molar-refractivity contribution is 7.98. The number of amides is 1. The Morgan fingerprint density at radius 3 is 2.71 bits per heavy atom. The third-order valence-electron chi connectivity index (χ3n) is 3.96. The molecule has 1 amide bonds. The van der Waals surface area contributed by atoms with Gasteiger partial charge < -0.3 is 10.3 Å². The highest BCUT2D eigenvalue weighted by Gasteiger charge is 2.16. The first-order chi connectivity index (χ1) is 13.7. The molecule has 0 unspecified atom stereocenters. The van der Waals surface area contributed by atoms with Gasteiger partial charge in [-0.05, 0) is 11.4 Å². The van der Waals surface area contributed by atoms with Crippen LogP contribution in [0.25, 0.3) is 21.3 Å². The van der Waals surface area contributed by atoms with Crippen LogP contribution in [0.3, 0.4) is 0 Å². The molecule has 142 valence electrons. The van der Waals surface area contributed by atoms with Crippen LogP contribution in [0.2, 0.25) is 0 Å². The fourth-order valence-electron chi connectivity index (χ4n) is 2.63. The predicted octanol–water partition coefficient (Wildman–Crippen LogP) is 4.30. The van der Waals surface area contributed by atoms with Crippen molar-refractivity contribution in [3.05, 3.63) is 58.9 Å². The normalized spacial score (nSPS) is 11.0. The van der Waals surface area contributed by atoms with Crippen molar-refractivity contribution in [3.8, 4) is 21.3 Å². The van der Waals surface area contributed by atoms with Gasteiger partial charge in [-0.3, -0.25) is 4.79 Å². The van der Waals surface area contributed by atoms with Gasteiger partial charge in [-0.2, -0.15) is 0 Å². The van der Waals surface area contributed by atoms with Crippen LogP contribution in [0.5, 0.6) is 0 Å². The minimum absolute atomic E-state index is 0.249. The molecule has 4 aromatic rings. The van der Waals surface area contributed by atoms with Gasteiger partial charge in [0.15, 0.2) is 11.0 Å². The lowest BCUT2D eigenvalue weighted by Crippen LogP contribution is -2.14. The Labute approximate surface area is 174 Å². The maximum atomic E-state index is 11.3. The van der Waals surface area contributed by atoms with E-state index >= 15 is 0 Å². The Morgan fingerprint density at radius 2 is 1.96 bits per heavy atom. The fraction of sp³-hybridized carbons (Fsp3) is 0.158. The van der Waals surface area contributed by atoms with E-state index in [0.29, 0.717) is 12.3 Å². The number of thiazole rings is 1. The summed E-state index contributed by atoms with van der Waals surface area (Å²) in [6.45, 7) is 0.463. The van der Waals surface area contributed by atoms with Crippen LogP contribution >= 0.6 is 34.4 Å². The number of nitrogens with zero attached hydrogens (tertiary/aromatic N) is 4. The SMILES string of the molecule is NC(=O)CCn1c(SCc2csc(-c3ccccc3)n2)nnc1-c1cccs1. The van der Waals surface area contributed by atoms with Crippen LogP contribution in [-0.4, -0.2) is 25.7 Å². The molecular weight excluding hydrogens is 410 g/mol. The first-order valence-electron chi connectivity index (χ1n) is 8.58. The Hall–Kier alpha value is -2.49. The maximum Gasteiger partial charge on any atom is 0.219 e. The van der Waals surface area contributed by atoms with Crippen LogP contribution in [0.15, 0.2) is 58.4 Å². The van der Waals surface area contributed by atoms with Gasteiger partial charge in [0, 0.05) is 29.7 Å². The van der Waals surface area contributed by atoms with E-state index in [2.05, 4.69) is 27.7 Å². The number of hydrogen-bond acceptors (Lipinski definition) is 7. The van der Waals surface area contributed by atoms with Crippen molar-refractivity contribution in [2.24, 2.45) is 5.73 Å². The molecule has 0 saturated heterocycles. The van der Waals surface area contributed by atoms with Crippen LogP contribution in [0.4, 0.5) is 0 Å². The molecule has 0 atom stereocenters.